The molecule has 1 aromatic carbocycles. The zero-order valence-electron chi connectivity index (χ0n) is 10.6. The van der Waals surface area contributed by atoms with E-state index in [4.69, 9.17) is 9.98 Å². The maximum atomic E-state index is 4.83. The second-order valence-electron chi connectivity index (χ2n) is 4.60. The standard InChI is InChI=1S/C14H17N3S/c1-18-14-10-13(17-8-4-5-9-17)15-11-6-2-3-7-12(11)16-14/h2-3,6-7H,4-5,8-10H2,1H3. The van der Waals surface area contributed by atoms with Crippen LogP contribution in [-0.4, -0.2) is 35.1 Å². The molecule has 4 heteroatoms. The number of nitrogens with zero attached hydrogens (tertiary/aromatic N) is 3. The van der Waals surface area contributed by atoms with E-state index in [1.54, 1.807) is 11.8 Å². The van der Waals surface area contributed by atoms with E-state index in [2.05, 4.69) is 17.2 Å². The summed E-state index contributed by atoms with van der Waals surface area (Å²) >= 11 is 1.73. The molecule has 1 saturated heterocycles. The van der Waals surface area contributed by atoms with Crippen molar-refractivity contribution in [3.05, 3.63) is 24.3 Å². The maximum absolute atomic E-state index is 4.83. The third-order valence-corrected chi connectivity index (χ3v) is 4.10. The second-order valence-corrected chi connectivity index (χ2v) is 5.48. The molecule has 3 rings (SSSR count). The highest BCUT2D eigenvalue weighted by Crippen LogP contribution is 2.32. The van der Waals surface area contributed by atoms with Gasteiger partial charge in [0.2, 0.25) is 0 Å². The minimum Gasteiger partial charge on any atom is -0.360 e. The Morgan fingerprint density at radius 3 is 2.39 bits per heavy atom. The molecule has 94 valence electrons. The van der Waals surface area contributed by atoms with Crippen molar-refractivity contribution in [2.75, 3.05) is 19.3 Å². The summed E-state index contributed by atoms with van der Waals surface area (Å²) in [5, 5.41) is 1.16. The molecule has 18 heavy (non-hydrogen) atoms. The molecule has 0 N–H and O–H groups in total. The largest absolute Gasteiger partial charge is 0.360 e. The predicted molar refractivity (Wildman–Crippen MR) is 79.6 cm³/mol. The molecule has 0 spiro atoms. The molecule has 1 fully saturated rings. The monoisotopic (exact) mass is 259 g/mol. The Morgan fingerprint density at radius 2 is 1.72 bits per heavy atom. The van der Waals surface area contributed by atoms with Gasteiger partial charge in [0.1, 0.15) is 5.84 Å². The number of aliphatic imine (C=N–C) groups is 2. The molecular formula is C14H17N3S. The van der Waals surface area contributed by atoms with Crippen LogP contribution < -0.4 is 0 Å². The van der Waals surface area contributed by atoms with E-state index < -0.39 is 0 Å². The van der Waals surface area contributed by atoms with Gasteiger partial charge in [-0.3, -0.25) is 0 Å². The first-order valence-electron chi connectivity index (χ1n) is 6.40. The van der Waals surface area contributed by atoms with Crippen molar-refractivity contribution in [1.82, 2.24) is 4.90 Å². The number of fused-ring (bicyclic) bond motifs is 1. The van der Waals surface area contributed by atoms with Gasteiger partial charge >= 0.3 is 0 Å². The molecule has 0 atom stereocenters. The van der Waals surface area contributed by atoms with Gasteiger partial charge < -0.3 is 4.90 Å². The SMILES string of the molecule is CSC1=Nc2ccccc2N=C(N2CCCC2)C1. The molecule has 2 heterocycles. The van der Waals surface area contributed by atoms with Crippen LogP contribution in [0.15, 0.2) is 34.3 Å². The smallest absolute Gasteiger partial charge is 0.111 e. The number of thioether (sulfide) groups is 1. The van der Waals surface area contributed by atoms with Gasteiger partial charge in [0.15, 0.2) is 0 Å². The molecule has 1 aromatic rings. The molecule has 0 aromatic heterocycles. The summed E-state index contributed by atoms with van der Waals surface area (Å²) in [5.74, 6) is 1.19. The fourth-order valence-corrected chi connectivity index (χ4v) is 2.88. The van der Waals surface area contributed by atoms with Crippen LogP contribution in [0, 0.1) is 0 Å². The van der Waals surface area contributed by atoms with Gasteiger partial charge in [-0.25, -0.2) is 9.98 Å². The molecule has 2 aliphatic rings. The number of benzene rings is 1. The van der Waals surface area contributed by atoms with E-state index in [1.807, 2.05) is 18.2 Å². The normalized spacial score (nSPS) is 19.1. The van der Waals surface area contributed by atoms with E-state index >= 15 is 0 Å². The second kappa shape index (κ2) is 5.14. The topological polar surface area (TPSA) is 28.0 Å². The van der Waals surface area contributed by atoms with Crippen LogP contribution in [0.3, 0.4) is 0 Å². The summed E-state index contributed by atoms with van der Waals surface area (Å²) in [6.45, 7) is 2.28. The molecule has 0 amide bonds. The third kappa shape index (κ3) is 2.29. The van der Waals surface area contributed by atoms with Crippen molar-refractivity contribution in [2.24, 2.45) is 9.98 Å². The van der Waals surface area contributed by atoms with E-state index in [-0.39, 0.29) is 0 Å². The van der Waals surface area contributed by atoms with E-state index in [9.17, 15) is 0 Å². The summed E-state index contributed by atoms with van der Waals surface area (Å²) in [6.07, 6.45) is 5.53. The number of hydrogen-bond acceptors (Lipinski definition) is 4. The Bertz CT molecular complexity index is 502. The average molecular weight is 259 g/mol. The van der Waals surface area contributed by atoms with Crippen molar-refractivity contribution >= 4 is 34.0 Å². The van der Waals surface area contributed by atoms with Crippen molar-refractivity contribution in [3.63, 3.8) is 0 Å². The molecule has 3 nitrogen and oxygen atoms in total. The summed E-state index contributed by atoms with van der Waals surface area (Å²) in [5.41, 5.74) is 2.00. The minimum absolute atomic E-state index is 0.871. The predicted octanol–water partition coefficient (Wildman–Crippen LogP) is 3.61. The highest BCUT2D eigenvalue weighted by molar-refractivity contribution is 8.13. The van der Waals surface area contributed by atoms with Crippen LogP contribution in [0.5, 0.6) is 0 Å². The first-order valence-corrected chi connectivity index (χ1v) is 7.62. The Balaban J connectivity index is 2.01. The zero-order valence-corrected chi connectivity index (χ0v) is 11.4. The van der Waals surface area contributed by atoms with Gasteiger partial charge in [0, 0.05) is 13.1 Å². The van der Waals surface area contributed by atoms with Crippen molar-refractivity contribution < 1.29 is 0 Å². The number of hydrogen-bond donors (Lipinski definition) is 0. The van der Waals surface area contributed by atoms with E-state index in [0.717, 1.165) is 35.9 Å². The van der Waals surface area contributed by atoms with Crippen LogP contribution in [0.2, 0.25) is 0 Å². The van der Waals surface area contributed by atoms with Crippen molar-refractivity contribution in [2.45, 2.75) is 19.3 Å². The highest BCUT2D eigenvalue weighted by atomic mass is 32.2. The summed E-state index contributed by atoms with van der Waals surface area (Å²) in [4.78, 5) is 12.0. The Kier molecular flexibility index (Phi) is 3.37. The number of rotatable bonds is 0. The lowest BCUT2D eigenvalue weighted by Gasteiger charge is -2.19. The lowest BCUT2D eigenvalue weighted by molar-refractivity contribution is 0.513. The van der Waals surface area contributed by atoms with E-state index in [1.165, 1.54) is 18.7 Å². The molecule has 2 aliphatic heterocycles. The van der Waals surface area contributed by atoms with Crippen LogP contribution in [-0.2, 0) is 0 Å². The lowest BCUT2D eigenvalue weighted by Crippen LogP contribution is -2.28. The molecule has 0 saturated carbocycles. The Hall–Kier alpha value is -1.29. The van der Waals surface area contributed by atoms with Gasteiger partial charge in [0.05, 0.1) is 22.8 Å². The Labute approximate surface area is 112 Å². The van der Waals surface area contributed by atoms with Gasteiger partial charge in [-0.2, -0.15) is 0 Å². The van der Waals surface area contributed by atoms with Gasteiger partial charge in [-0.15, -0.1) is 11.8 Å². The first-order chi connectivity index (χ1) is 8.86. The van der Waals surface area contributed by atoms with Crippen molar-refractivity contribution in [3.8, 4) is 0 Å². The molecule has 0 radical (unpaired) electrons. The van der Waals surface area contributed by atoms with E-state index in [0.29, 0.717) is 0 Å². The summed E-state index contributed by atoms with van der Waals surface area (Å²) in [7, 11) is 0. The van der Waals surface area contributed by atoms with Gasteiger partial charge in [0.25, 0.3) is 0 Å². The number of likely N-dealkylation sites (tertiary alicyclic amines) is 1. The highest BCUT2D eigenvalue weighted by Gasteiger charge is 2.20. The fraction of sp³-hybridized carbons (Fsp3) is 0.429. The van der Waals surface area contributed by atoms with Crippen LogP contribution in [0.25, 0.3) is 0 Å². The van der Waals surface area contributed by atoms with Crippen LogP contribution >= 0.6 is 11.8 Å². The number of para-hydroxylation sites is 2. The van der Waals surface area contributed by atoms with Gasteiger partial charge in [-0.05, 0) is 31.2 Å². The first kappa shape index (κ1) is 11.8. The molecule has 0 bridgehead atoms. The quantitative estimate of drug-likeness (QED) is 0.712. The summed E-state index contributed by atoms with van der Waals surface area (Å²) < 4.78 is 0. The van der Waals surface area contributed by atoms with Crippen molar-refractivity contribution in [1.29, 1.82) is 0 Å². The molecule has 0 aliphatic carbocycles. The average Bonchev–Trinajstić information content (AvgIpc) is 2.86. The maximum Gasteiger partial charge on any atom is 0.111 e. The number of amidine groups is 1. The lowest BCUT2D eigenvalue weighted by atomic mass is 10.3. The fourth-order valence-electron chi connectivity index (χ4n) is 2.42. The van der Waals surface area contributed by atoms with Crippen LogP contribution in [0.1, 0.15) is 19.3 Å². The zero-order chi connectivity index (χ0) is 12.4. The van der Waals surface area contributed by atoms with Gasteiger partial charge in [-0.1, -0.05) is 12.1 Å². The van der Waals surface area contributed by atoms with Crippen LogP contribution in [0.4, 0.5) is 11.4 Å². The minimum atomic E-state index is 0.871. The molecular weight excluding hydrogens is 242 g/mol. The third-order valence-electron chi connectivity index (χ3n) is 3.39. The summed E-state index contributed by atoms with van der Waals surface area (Å²) in [6, 6.07) is 8.15. The Morgan fingerprint density at radius 1 is 1.06 bits per heavy atom. The molecule has 0 unspecified atom stereocenters.